The highest BCUT2D eigenvalue weighted by molar-refractivity contribution is 6.01. The van der Waals surface area contributed by atoms with Crippen LogP contribution in [0.1, 0.15) is 27.7 Å². The zero-order valence-corrected chi connectivity index (χ0v) is 17.6. The average Bonchev–Trinajstić information content (AvgIpc) is 3.11. The molecule has 0 bridgehead atoms. The third kappa shape index (κ3) is 3.81. The number of piperazine rings is 1. The molecule has 0 saturated carbocycles. The summed E-state index contributed by atoms with van der Waals surface area (Å²) in [5.41, 5.74) is 1.34. The third-order valence-electron chi connectivity index (χ3n) is 5.17. The number of benzene rings is 1. The van der Waals surface area contributed by atoms with Gasteiger partial charge in [0.25, 0.3) is 0 Å². The maximum Gasteiger partial charge on any atom is 0.410 e. The van der Waals surface area contributed by atoms with Gasteiger partial charge >= 0.3 is 6.09 Å². The summed E-state index contributed by atoms with van der Waals surface area (Å²) in [6, 6.07) is 6.68. The van der Waals surface area contributed by atoms with Gasteiger partial charge in [-0.2, -0.15) is 0 Å². The molecule has 7 nitrogen and oxygen atoms in total. The highest BCUT2D eigenvalue weighted by atomic mass is 19.1. The molecule has 1 amide bonds. The second-order valence-corrected chi connectivity index (χ2v) is 8.57. The first-order valence-corrected chi connectivity index (χ1v) is 10.1. The number of anilines is 1. The molecule has 1 aliphatic heterocycles. The van der Waals surface area contributed by atoms with E-state index < -0.39 is 5.60 Å². The lowest BCUT2D eigenvalue weighted by Crippen LogP contribution is -2.54. The summed E-state index contributed by atoms with van der Waals surface area (Å²) in [7, 11) is 0. The number of hydrogen-bond acceptors (Lipinski definition) is 5. The number of carbonyl (C=O) groups is 1. The number of amides is 1. The first kappa shape index (κ1) is 20.1. The van der Waals surface area contributed by atoms with E-state index in [0.29, 0.717) is 30.8 Å². The van der Waals surface area contributed by atoms with E-state index in [9.17, 15) is 9.18 Å². The number of aromatic nitrogens is 3. The summed E-state index contributed by atoms with van der Waals surface area (Å²) >= 11 is 0. The van der Waals surface area contributed by atoms with Crippen molar-refractivity contribution in [1.29, 1.82) is 0 Å². The summed E-state index contributed by atoms with van der Waals surface area (Å²) < 4.78 is 20.0. The standard InChI is InChI=1S/C22H26FN5O2/c1-14-12-27(21(29)30-22(2,3)4)9-10-28(14)20-18-16(11-24-19(18)25-13-26-20)15-7-5-6-8-17(15)23/h5-8,11,13-14H,9-10,12H2,1-4H3,(H,24,25,26). The van der Waals surface area contributed by atoms with Crippen LogP contribution in [0, 0.1) is 5.82 Å². The average molecular weight is 411 g/mol. The minimum Gasteiger partial charge on any atom is -0.444 e. The quantitative estimate of drug-likeness (QED) is 0.684. The normalized spacial score (nSPS) is 17.4. The van der Waals surface area contributed by atoms with Crippen LogP contribution in [-0.4, -0.2) is 57.2 Å². The van der Waals surface area contributed by atoms with Crippen LogP contribution in [0.3, 0.4) is 0 Å². The number of aromatic amines is 1. The number of H-pyrrole nitrogens is 1. The van der Waals surface area contributed by atoms with E-state index in [0.717, 1.165) is 16.8 Å². The minimum absolute atomic E-state index is 0.00717. The lowest BCUT2D eigenvalue weighted by Gasteiger charge is -2.41. The van der Waals surface area contributed by atoms with Crippen molar-refractivity contribution in [2.24, 2.45) is 0 Å². The molecule has 4 rings (SSSR count). The molecular formula is C22H26FN5O2. The van der Waals surface area contributed by atoms with E-state index in [4.69, 9.17) is 4.74 Å². The molecule has 1 aromatic carbocycles. The maximum absolute atomic E-state index is 14.5. The highest BCUT2D eigenvalue weighted by Crippen LogP contribution is 2.36. The fourth-order valence-electron chi connectivity index (χ4n) is 3.82. The predicted octanol–water partition coefficient (Wildman–Crippen LogP) is 4.21. The number of halogens is 1. The molecule has 1 fully saturated rings. The van der Waals surface area contributed by atoms with Gasteiger partial charge in [0.2, 0.25) is 0 Å². The number of carbonyl (C=O) groups excluding carboxylic acids is 1. The zero-order chi connectivity index (χ0) is 21.5. The molecule has 1 atom stereocenters. The van der Waals surface area contributed by atoms with Crippen molar-refractivity contribution in [3.05, 3.63) is 42.6 Å². The molecule has 8 heteroatoms. The van der Waals surface area contributed by atoms with E-state index in [1.807, 2.05) is 33.8 Å². The highest BCUT2D eigenvalue weighted by Gasteiger charge is 2.32. The number of nitrogens with zero attached hydrogens (tertiary/aromatic N) is 4. The van der Waals surface area contributed by atoms with Crippen molar-refractivity contribution < 1.29 is 13.9 Å². The van der Waals surface area contributed by atoms with E-state index in [2.05, 4.69) is 19.9 Å². The van der Waals surface area contributed by atoms with Gasteiger partial charge in [0, 0.05) is 43.0 Å². The molecule has 1 aliphatic rings. The summed E-state index contributed by atoms with van der Waals surface area (Å²) in [4.78, 5) is 28.3. The van der Waals surface area contributed by atoms with Crippen LogP contribution in [0.25, 0.3) is 22.2 Å². The molecule has 1 saturated heterocycles. The van der Waals surface area contributed by atoms with E-state index in [1.54, 1.807) is 23.2 Å². The molecule has 158 valence electrons. The minimum atomic E-state index is -0.532. The van der Waals surface area contributed by atoms with E-state index in [-0.39, 0.29) is 18.0 Å². The zero-order valence-electron chi connectivity index (χ0n) is 17.6. The SMILES string of the molecule is CC1CN(C(=O)OC(C)(C)C)CCN1c1ncnc2[nH]cc(-c3ccccc3F)c12. The lowest BCUT2D eigenvalue weighted by atomic mass is 10.0. The van der Waals surface area contributed by atoms with Gasteiger partial charge in [-0.15, -0.1) is 0 Å². The fourth-order valence-corrected chi connectivity index (χ4v) is 3.82. The molecule has 1 N–H and O–H groups in total. The Bertz CT molecular complexity index is 1070. The monoisotopic (exact) mass is 411 g/mol. The Morgan fingerprint density at radius 2 is 1.97 bits per heavy atom. The van der Waals surface area contributed by atoms with Crippen molar-refractivity contribution in [3.63, 3.8) is 0 Å². The maximum atomic E-state index is 14.5. The number of hydrogen-bond donors (Lipinski definition) is 1. The Morgan fingerprint density at radius 3 is 2.67 bits per heavy atom. The van der Waals surface area contributed by atoms with Crippen LogP contribution in [0.4, 0.5) is 15.0 Å². The molecule has 2 aromatic heterocycles. The van der Waals surface area contributed by atoms with Gasteiger partial charge in [-0.3, -0.25) is 0 Å². The van der Waals surface area contributed by atoms with Gasteiger partial charge in [0.05, 0.1) is 5.39 Å². The van der Waals surface area contributed by atoms with Crippen LogP contribution >= 0.6 is 0 Å². The third-order valence-corrected chi connectivity index (χ3v) is 5.17. The molecule has 1 unspecified atom stereocenters. The predicted molar refractivity (Wildman–Crippen MR) is 114 cm³/mol. The Labute approximate surface area is 174 Å². The van der Waals surface area contributed by atoms with Gasteiger partial charge in [0.15, 0.2) is 0 Å². The Balaban J connectivity index is 1.65. The van der Waals surface area contributed by atoms with Crippen LogP contribution in [0.2, 0.25) is 0 Å². The lowest BCUT2D eigenvalue weighted by molar-refractivity contribution is 0.0218. The molecule has 3 aromatic rings. The molecule has 30 heavy (non-hydrogen) atoms. The topological polar surface area (TPSA) is 74.3 Å². The van der Waals surface area contributed by atoms with Crippen molar-refractivity contribution in [2.45, 2.75) is 39.3 Å². The first-order valence-electron chi connectivity index (χ1n) is 10.1. The van der Waals surface area contributed by atoms with Gasteiger partial charge in [-0.25, -0.2) is 19.2 Å². The first-order chi connectivity index (χ1) is 14.2. The van der Waals surface area contributed by atoms with Crippen molar-refractivity contribution in [1.82, 2.24) is 19.9 Å². The number of rotatable bonds is 2. The number of fused-ring (bicyclic) bond motifs is 1. The second kappa shape index (κ2) is 7.59. The fraction of sp³-hybridized carbons (Fsp3) is 0.409. The van der Waals surface area contributed by atoms with Crippen molar-refractivity contribution >= 4 is 22.9 Å². The summed E-state index contributed by atoms with van der Waals surface area (Å²) in [6.45, 7) is 9.24. The Hall–Kier alpha value is -3.16. The largest absolute Gasteiger partial charge is 0.444 e. The van der Waals surface area contributed by atoms with Crippen LogP contribution < -0.4 is 4.90 Å². The summed E-state index contributed by atoms with van der Waals surface area (Å²) in [6.07, 6.45) is 2.96. The Kier molecular flexibility index (Phi) is 5.09. The van der Waals surface area contributed by atoms with Gasteiger partial charge in [-0.05, 0) is 33.8 Å². The van der Waals surface area contributed by atoms with E-state index >= 15 is 0 Å². The molecule has 0 radical (unpaired) electrons. The smallest absolute Gasteiger partial charge is 0.410 e. The molecular weight excluding hydrogens is 385 g/mol. The number of nitrogens with one attached hydrogen (secondary N) is 1. The van der Waals surface area contributed by atoms with Crippen LogP contribution in [-0.2, 0) is 4.74 Å². The Morgan fingerprint density at radius 1 is 1.20 bits per heavy atom. The molecule has 3 heterocycles. The second-order valence-electron chi connectivity index (χ2n) is 8.57. The van der Waals surface area contributed by atoms with Crippen molar-refractivity contribution in [2.75, 3.05) is 24.5 Å². The van der Waals surface area contributed by atoms with Gasteiger partial charge in [-0.1, -0.05) is 18.2 Å². The van der Waals surface area contributed by atoms with Crippen molar-refractivity contribution in [3.8, 4) is 11.1 Å². The number of ether oxygens (including phenoxy) is 1. The molecule has 0 spiro atoms. The van der Waals surface area contributed by atoms with Gasteiger partial charge < -0.3 is 19.5 Å². The summed E-state index contributed by atoms with van der Waals surface area (Å²) in [5, 5.41) is 0.778. The molecule has 0 aliphatic carbocycles. The van der Waals surface area contributed by atoms with Gasteiger partial charge in [0.1, 0.15) is 29.2 Å². The van der Waals surface area contributed by atoms with Crippen LogP contribution in [0.5, 0.6) is 0 Å². The summed E-state index contributed by atoms with van der Waals surface area (Å²) in [5.74, 6) is 0.437. The van der Waals surface area contributed by atoms with E-state index in [1.165, 1.54) is 12.4 Å². The van der Waals surface area contributed by atoms with Crippen LogP contribution in [0.15, 0.2) is 36.8 Å².